The maximum absolute atomic E-state index is 12.8. The minimum Gasteiger partial charge on any atom is -0.497 e. The van der Waals surface area contributed by atoms with E-state index in [0.717, 1.165) is 41.2 Å². The van der Waals surface area contributed by atoms with E-state index >= 15 is 0 Å². The molecule has 0 spiro atoms. The Bertz CT molecular complexity index is 957. The summed E-state index contributed by atoms with van der Waals surface area (Å²) in [6, 6.07) is 17.7. The van der Waals surface area contributed by atoms with Crippen molar-refractivity contribution in [1.29, 1.82) is 0 Å². The lowest BCUT2D eigenvalue weighted by molar-refractivity contribution is -0.129. The predicted molar refractivity (Wildman–Crippen MR) is 116 cm³/mol. The molecule has 29 heavy (non-hydrogen) atoms. The van der Waals surface area contributed by atoms with E-state index in [-0.39, 0.29) is 24.4 Å². The summed E-state index contributed by atoms with van der Waals surface area (Å²) < 4.78 is 7.08. The number of hydrogen-bond donors (Lipinski definition) is 1. The first-order chi connectivity index (χ1) is 13.6. The number of nitrogens with zero attached hydrogens (tertiary/aromatic N) is 3. The monoisotopic (exact) mass is 412 g/mol. The summed E-state index contributed by atoms with van der Waals surface area (Å²) in [5, 5.41) is 4.78. The highest BCUT2D eigenvalue weighted by atomic mass is 35.5. The molecule has 0 saturated carbocycles. The molecule has 0 aliphatic carbocycles. The van der Waals surface area contributed by atoms with E-state index in [0.29, 0.717) is 13.0 Å². The van der Waals surface area contributed by atoms with Gasteiger partial charge in [-0.2, -0.15) is 5.10 Å². The molecule has 1 saturated heterocycles. The fourth-order valence-electron chi connectivity index (χ4n) is 3.53. The van der Waals surface area contributed by atoms with E-state index in [2.05, 4.69) is 0 Å². The molecule has 1 aliphatic rings. The summed E-state index contributed by atoms with van der Waals surface area (Å²) in [5.74, 6) is 0.880. The van der Waals surface area contributed by atoms with Gasteiger partial charge in [0.25, 0.3) is 0 Å². The summed E-state index contributed by atoms with van der Waals surface area (Å²) in [6.45, 7) is 1.36. The van der Waals surface area contributed by atoms with Gasteiger partial charge in [0, 0.05) is 36.5 Å². The van der Waals surface area contributed by atoms with Crippen molar-refractivity contribution in [3.05, 3.63) is 66.4 Å². The third kappa shape index (κ3) is 4.60. The lowest BCUT2D eigenvalue weighted by atomic mass is 10.1. The first-order valence-electron chi connectivity index (χ1n) is 9.46. The van der Waals surface area contributed by atoms with Crippen molar-refractivity contribution >= 4 is 18.3 Å². The Labute approximate surface area is 176 Å². The molecule has 1 unspecified atom stereocenters. The van der Waals surface area contributed by atoms with E-state index in [4.69, 9.17) is 15.6 Å². The van der Waals surface area contributed by atoms with Crippen LogP contribution in [0.3, 0.4) is 0 Å². The zero-order chi connectivity index (χ0) is 19.5. The molecule has 2 aromatic carbocycles. The second kappa shape index (κ2) is 9.11. The molecule has 2 heterocycles. The predicted octanol–water partition coefficient (Wildman–Crippen LogP) is 3.07. The number of nitrogens with two attached hydrogens (primary N) is 1. The molecule has 3 aromatic rings. The number of halogens is 1. The Morgan fingerprint density at radius 1 is 1.17 bits per heavy atom. The summed E-state index contributed by atoms with van der Waals surface area (Å²) in [5.41, 5.74) is 9.59. The molecule has 2 N–H and O–H groups in total. The Morgan fingerprint density at radius 3 is 2.52 bits per heavy atom. The molecule has 1 atom stereocenters. The SMILES string of the molecule is COc1ccc(-c2nn(-c3ccccc3)cc2CC(=O)N2CCC(N)C2)cc1.Cl. The molecule has 1 amide bonds. The first kappa shape index (κ1) is 20.9. The highest BCUT2D eigenvalue weighted by Gasteiger charge is 2.25. The average molecular weight is 413 g/mol. The van der Waals surface area contributed by atoms with Crippen LogP contribution in [0.15, 0.2) is 60.8 Å². The Balaban J connectivity index is 0.00000240. The Hall–Kier alpha value is -2.83. The second-order valence-corrected chi connectivity index (χ2v) is 7.08. The van der Waals surface area contributed by atoms with E-state index < -0.39 is 0 Å². The summed E-state index contributed by atoms with van der Waals surface area (Å²) in [6.07, 6.45) is 3.12. The number of hydrogen-bond acceptors (Lipinski definition) is 4. The number of carbonyl (C=O) groups is 1. The lowest BCUT2D eigenvalue weighted by Gasteiger charge is -2.15. The number of aromatic nitrogens is 2. The molecule has 1 aromatic heterocycles. The van der Waals surface area contributed by atoms with E-state index in [1.165, 1.54) is 0 Å². The van der Waals surface area contributed by atoms with Crippen molar-refractivity contribution in [2.75, 3.05) is 20.2 Å². The largest absolute Gasteiger partial charge is 0.497 e. The van der Waals surface area contributed by atoms with Crippen molar-refractivity contribution < 1.29 is 9.53 Å². The number of rotatable bonds is 5. The van der Waals surface area contributed by atoms with Gasteiger partial charge in [-0.1, -0.05) is 18.2 Å². The van der Waals surface area contributed by atoms with Crippen LogP contribution in [0.5, 0.6) is 5.75 Å². The van der Waals surface area contributed by atoms with Gasteiger partial charge in [0.2, 0.25) is 5.91 Å². The molecule has 152 valence electrons. The van der Waals surface area contributed by atoms with Crippen molar-refractivity contribution in [2.45, 2.75) is 18.9 Å². The van der Waals surface area contributed by atoms with E-state index in [1.54, 1.807) is 7.11 Å². The number of methoxy groups -OCH3 is 1. The Morgan fingerprint density at radius 2 is 1.90 bits per heavy atom. The summed E-state index contributed by atoms with van der Waals surface area (Å²) >= 11 is 0. The average Bonchev–Trinajstić information content (AvgIpc) is 3.35. The fourth-order valence-corrected chi connectivity index (χ4v) is 3.53. The van der Waals surface area contributed by atoms with E-state index in [1.807, 2.05) is 70.4 Å². The zero-order valence-electron chi connectivity index (χ0n) is 16.3. The number of carbonyl (C=O) groups excluding carboxylic acids is 1. The number of amides is 1. The van der Waals surface area contributed by atoms with Gasteiger partial charge in [-0.15, -0.1) is 12.4 Å². The second-order valence-electron chi connectivity index (χ2n) is 7.08. The van der Waals surface area contributed by atoms with Crippen LogP contribution in [0.4, 0.5) is 0 Å². The summed E-state index contributed by atoms with van der Waals surface area (Å²) in [7, 11) is 1.64. The van der Waals surface area contributed by atoms with Crippen molar-refractivity contribution in [1.82, 2.24) is 14.7 Å². The molecule has 1 aliphatic heterocycles. The van der Waals surface area contributed by atoms with Crippen LogP contribution in [-0.4, -0.2) is 46.8 Å². The normalized spacial score (nSPS) is 15.8. The van der Waals surface area contributed by atoms with Gasteiger partial charge in [-0.25, -0.2) is 4.68 Å². The molecule has 7 heteroatoms. The lowest BCUT2D eigenvalue weighted by Crippen LogP contribution is -2.32. The molecule has 6 nitrogen and oxygen atoms in total. The van der Waals surface area contributed by atoms with Gasteiger partial charge in [0.15, 0.2) is 0 Å². The quantitative estimate of drug-likeness (QED) is 0.698. The maximum atomic E-state index is 12.8. The minimum absolute atomic E-state index is 0. The fraction of sp³-hybridized carbons (Fsp3) is 0.273. The van der Waals surface area contributed by atoms with Gasteiger partial charge >= 0.3 is 0 Å². The maximum Gasteiger partial charge on any atom is 0.227 e. The van der Waals surface area contributed by atoms with Gasteiger partial charge in [0.05, 0.1) is 24.9 Å². The van der Waals surface area contributed by atoms with Gasteiger partial charge in [-0.05, 0) is 42.8 Å². The zero-order valence-corrected chi connectivity index (χ0v) is 17.1. The van der Waals surface area contributed by atoms with Crippen LogP contribution in [0.25, 0.3) is 16.9 Å². The van der Waals surface area contributed by atoms with Crippen LogP contribution >= 0.6 is 12.4 Å². The molecular formula is C22H25ClN4O2. The third-order valence-electron chi connectivity index (χ3n) is 5.09. The van der Waals surface area contributed by atoms with Crippen LogP contribution in [-0.2, 0) is 11.2 Å². The minimum atomic E-state index is 0. The molecular weight excluding hydrogens is 388 g/mol. The molecule has 1 fully saturated rings. The van der Waals surface area contributed by atoms with Crippen molar-refractivity contribution in [2.24, 2.45) is 5.73 Å². The highest BCUT2D eigenvalue weighted by molar-refractivity contribution is 5.85. The highest BCUT2D eigenvalue weighted by Crippen LogP contribution is 2.27. The molecule has 4 rings (SSSR count). The van der Waals surface area contributed by atoms with Gasteiger partial charge < -0.3 is 15.4 Å². The Kier molecular flexibility index (Phi) is 6.56. The summed E-state index contributed by atoms with van der Waals surface area (Å²) in [4.78, 5) is 14.7. The third-order valence-corrected chi connectivity index (χ3v) is 5.09. The topological polar surface area (TPSA) is 73.4 Å². The van der Waals surface area contributed by atoms with Gasteiger partial charge in [-0.3, -0.25) is 4.79 Å². The van der Waals surface area contributed by atoms with Gasteiger partial charge in [0.1, 0.15) is 5.75 Å². The number of ether oxygens (including phenoxy) is 1. The number of benzene rings is 2. The molecule has 0 radical (unpaired) electrons. The molecule has 0 bridgehead atoms. The van der Waals surface area contributed by atoms with Crippen molar-refractivity contribution in [3.63, 3.8) is 0 Å². The smallest absolute Gasteiger partial charge is 0.227 e. The number of likely N-dealkylation sites (tertiary alicyclic amines) is 1. The van der Waals surface area contributed by atoms with Crippen molar-refractivity contribution in [3.8, 4) is 22.7 Å². The van der Waals surface area contributed by atoms with Crippen LogP contribution in [0, 0.1) is 0 Å². The van der Waals surface area contributed by atoms with Crippen LogP contribution < -0.4 is 10.5 Å². The van der Waals surface area contributed by atoms with E-state index in [9.17, 15) is 4.79 Å². The van der Waals surface area contributed by atoms with Crippen LogP contribution in [0.1, 0.15) is 12.0 Å². The number of para-hydroxylation sites is 1. The standard InChI is InChI=1S/C22H24N4O2.ClH/c1-28-20-9-7-16(8-10-20)22-17(13-21(27)25-12-11-18(23)15-25)14-26(24-22)19-5-3-2-4-6-19;/h2-10,14,18H,11-13,15,23H2,1H3;1H. The first-order valence-corrected chi connectivity index (χ1v) is 9.46. The van der Waals surface area contributed by atoms with Crippen LogP contribution in [0.2, 0.25) is 0 Å².